The molecular formula is C17H10F4O3. The molecule has 0 bridgehead atoms. The monoisotopic (exact) mass is 338 g/mol. The van der Waals surface area contributed by atoms with Crippen LogP contribution in [0.2, 0.25) is 0 Å². The molecule has 0 aromatic heterocycles. The lowest BCUT2D eigenvalue weighted by atomic mass is 10.0. The second kappa shape index (κ2) is 6.62. The first-order chi connectivity index (χ1) is 11.2. The number of carbonyl (C=O) groups is 1. The lowest BCUT2D eigenvalue weighted by Crippen LogP contribution is -2.11. The molecule has 24 heavy (non-hydrogen) atoms. The van der Waals surface area contributed by atoms with Crippen molar-refractivity contribution in [1.82, 2.24) is 0 Å². The first kappa shape index (κ1) is 17.3. The van der Waals surface area contributed by atoms with Gasteiger partial charge in [-0.2, -0.15) is 13.2 Å². The van der Waals surface area contributed by atoms with Crippen LogP contribution in [0.3, 0.4) is 0 Å². The van der Waals surface area contributed by atoms with E-state index in [0.29, 0.717) is 6.07 Å². The second-order valence-corrected chi connectivity index (χ2v) is 4.66. The molecule has 0 amide bonds. The predicted octanol–water partition coefficient (Wildman–Crippen LogP) is 3.74. The van der Waals surface area contributed by atoms with E-state index in [1.807, 2.05) is 0 Å². The number of ether oxygens (including phenoxy) is 1. The molecule has 0 unspecified atom stereocenters. The van der Waals surface area contributed by atoms with E-state index in [1.54, 1.807) is 0 Å². The minimum atomic E-state index is -4.75. The fourth-order valence-corrected chi connectivity index (χ4v) is 1.87. The molecule has 0 aliphatic rings. The Hall–Kier alpha value is -3.01. The summed E-state index contributed by atoms with van der Waals surface area (Å²) in [7, 11) is 1.05. The van der Waals surface area contributed by atoms with Crippen molar-refractivity contribution in [2.45, 2.75) is 6.18 Å². The van der Waals surface area contributed by atoms with Crippen LogP contribution in [0, 0.1) is 17.7 Å². The zero-order valence-electron chi connectivity index (χ0n) is 12.2. The van der Waals surface area contributed by atoms with Crippen molar-refractivity contribution in [2.75, 3.05) is 7.11 Å². The minimum absolute atomic E-state index is 0.169. The van der Waals surface area contributed by atoms with Crippen LogP contribution in [0.1, 0.15) is 27.0 Å². The number of phenols is 1. The van der Waals surface area contributed by atoms with Gasteiger partial charge in [-0.05, 0) is 30.3 Å². The van der Waals surface area contributed by atoms with Gasteiger partial charge >= 0.3 is 12.1 Å². The zero-order chi connectivity index (χ0) is 17.9. The minimum Gasteiger partial charge on any atom is -0.508 e. The summed E-state index contributed by atoms with van der Waals surface area (Å²) < 4.78 is 57.3. The number of rotatable bonds is 1. The Morgan fingerprint density at radius 1 is 1.08 bits per heavy atom. The molecule has 2 aromatic carbocycles. The largest absolute Gasteiger partial charge is 0.508 e. The number of alkyl halides is 3. The van der Waals surface area contributed by atoms with E-state index in [2.05, 4.69) is 16.6 Å². The summed E-state index contributed by atoms with van der Waals surface area (Å²) in [5, 5.41) is 9.10. The molecule has 0 aliphatic carbocycles. The summed E-state index contributed by atoms with van der Waals surface area (Å²) in [6, 6.07) is 5.89. The Morgan fingerprint density at radius 2 is 1.71 bits per heavy atom. The summed E-state index contributed by atoms with van der Waals surface area (Å²) in [5.74, 6) is 2.42. The van der Waals surface area contributed by atoms with Gasteiger partial charge in [0.05, 0.1) is 23.8 Å². The van der Waals surface area contributed by atoms with Gasteiger partial charge < -0.3 is 9.84 Å². The third-order valence-corrected chi connectivity index (χ3v) is 3.03. The van der Waals surface area contributed by atoms with Gasteiger partial charge in [0.25, 0.3) is 0 Å². The van der Waals surface area contributed by atoms with E-state index in [0.717, 1.165) is 37.4 Å². The van der Waals surface area contributed by atoms with Crippen LogP contribution in [-0.2, 0) is 10.9 Å². The maximum atomic E-state index is 13.6. The molecular weight excluding hydrogens is 328 g/mol. The van der Waals surface area contributed by atoms with Crippen molar-refractivity contribution in [1.29, 1.82) is 0 Å². The number of aromatic hydroxyl groups is 1. The van der Waals surface area contributed by atoms with Gasteiger partial charge in [0, 0.05) is 11.6 Å². The quantitative estimate of drug-likeness (QED) is 0.490. The van der Waals surface area contributed by atoms with Crippen LogP contribution in [0.5, 0.6) is 5.75 Å². The molecule has 124 valence electrons. The third-order valence-electron chi connectivity index (χ3n) is 3.03. The Labute approximate surface area is 134 Å². The van der Waals surface area contributed by atoms with Gasteiger partial charge in [-0.15, -0.1) is 0 Å². The highest BCUT2D eigenvalue weighted by Crippen LogP contribution is 2.32. The van der Waals surface area contributed by atoms with Gasteiger partial charge in [-0.1, -0.05) is 11.8 Å². The van der Waals surface area contributed by atoms with Crippen molar-refractivity contribution < 1.29 is 32.2 Å². The van der Waals surface area contributed by atoms with Crippen molar-refractivity contribution in [3.8, 4) is 17.6 Å². The number of esters is 1. The Bertz CT molecular complexity index is 845. The average Bonchev–Trinajstić information content (AvgIpc) is 2.52. The Morgan fingerprint density at radius 3 is 2.29 bits per heavy atom. The summed E-state index contributed by atoms with van der Waals surface area (Å²) in [5.41, 5.74) is -1.98. The average molecular weight is 338 g/mol. The second-order valence-electron chi connectivity index (χ2n) is 4.66. The van der Waals surface area contributed by atoms with E-state index in [1.165, 1.54) is 0 Å². The van der Waals surface area contributed by atoms with Crippen LogP contribution in [0.25, 0.3) is 0 Å². The first-order valence-corrected chi connectivity index (χ1v) is 6.52. The van der Waals surface area contributed by atoms with Gasteiger partial charge in [0.2, 0.25) is 0 Å². The fourth-order valence-electron chi connectivity index (χ4n) is 1.87. The highest BCUT2D eigenvalue weighted by atomic mass is 19.4. The number of methoxy groups -OCH3 is 1. The molecule has 2 rings (SSSR count). The van der Waals surface area contributed by atoms with Crippen LogP contribution in [0.4, 0.5) is 17.6 Å². The molecule has 0 radical (unpaired) electrons. The molecule has 1 N–H and O–H groups in total. The van der Waals surface area contributed by atoms with E-state index >= 15 is 0 Å². The van der Waals surface area contributed by atoms with Gasteiger partial charge in [0.15, 0.2) is 0 Å². The number of benzene rings is 2. The lowest BCUT2D eigenvalue weighted by Gasteiger charge is -2.10. The van der Waals surface area contributed by atoms with E-state index < -0.39 is 29.1 Å². The molecule has 2 aromatic rings. The van der Waals surface area contributed by atoms with Crippen LogP contribution < -0.4 is 0 Å². The highest BCUT2D eigenvalue weighted by Gasteiger charge is 2.34. The molecule has 0 saturated heterocycles. The molecule has 0 saturated carbocycles. The van der Waals surface area contributed by atoms with Crippen molar-refractivity contribution in [3.05, 3.63) is 64.5 Å². The van der Waals surface area contributed by atoms with E-state index in [9.17, 15) is 22.4 Å². The normalized spacial score (nSPS) is 10.7. The Balaban J connectivity index is 2.51. The standard InChI is InChI=1S/C17H10F4O3/c1-24-16(23)12-5-3-10(14(8-12)17(19,20)21)2-4-11-6-7-13(22)9-15(11)18/h3,5-9,22H,1H3. The summed E-state index contributed by atoms with van der Waals surface area (Å²) in [4.78, 5) is 11.4. The topological polar surface area (TPSA) is 46.5 Å². The summed E-state index contributed by atoms with van der Waals surface area (Å²) >= 11 is 0. The number of hydrogen-bond donors (Lipinski definition) is 1. The van der Waals surface area contributed by atoms with Gasteiger partial charge in [-0.3, -0.25) is 0 Å². The molecule has 7 heteroatoms. The predicted molar refractivity (Wildman–Crippen MR) is 76.8 cm³/mol. The van der Waals surface area contributed by atoms with Gasteiger partial charge in [-0.25, -0.2) is 9.18 Å². The molecule has 3 nitrogen and oxygen atoms in total. The van der Waals surface area contributed by atoms with E-state index in [4.69, 9.17) is 5.11 Å². The SMILES string of the molecule is COC(=O)c1ccc(C#Cc2ccc(O)cc2F)c(C(F)(F)F)c1. The molecule has 0 aliphatic heterocycles. The third kappa shape index (κ3) is 3.84. The van der Waals surface area contributed by atoms with Crippen molar-refractivity contribution >= 4 is 5.97 Å². The fraction of sp³-hybridized carbons (Fsp3) is 0.118. The summed E-state index contributed by atoms with van der Waals surface area (Å²) in [6.07, 6.45) is -4.75. The molecule has 0 fully saturated rings. The van der Waals surface area contributed by atoms with Crippen LogP contribution >= 0.6 is 0 Å². The number of halogens is 4. The van der Waals surface area contributed by atoms with Crippen LogP contribution in [0.15, 0.2) is 36.4 Å². The maximum Gasteiger partial charge on any atom is 0.417 e. The smallest absolute Gasteiger partial charge is 0.417 e. The molecule has 0 spiro atoms. The zero-order valence-corrected chi connectivity index (χ0v) is 12.2. The number of phenolic OH excluding ortho intramolecular Hbond substituents is 1. The Kier molecular flexibility index (Phi) is 4.79. The van der Waals surface area contributed by atoms with Crippen molar-refractivity contribution in [2.24, 2.45) is 0 Å². The number of carbonyl (C=O) groups excluding carboxylic acids is 1. The van der Waals surface area contributed by atoms with Crippen molar-refractivity contribution in [3.63, 3.8) is 0 Å². The molecule has 0 heterocycles. The lowest BCUT2D eigenvalue weighted by molar-refractivity contribution is -0.137. The maximum absolute atomic E-state index is 13.6. The summed E-state index contributed by atoms with van der Waals surface area (Å²) in [6.45, 7) is 0. The molecule has 0 atom stereocenters. The van der Waals surface area contributed by atoms with Crippen LogP contribution in [-0.4, -0.2) is 18.2 Å². The van der Waals surface area contributed by atoms with E-state index in [-0.39, 0.29) is 16.9 Å². The first-order valence-electron chi connectivity index (χ1n) is 6.52. The highest BCUT2D eigenvalue weighted by molar-refractivity contribution is 5.89. The number of hydrogen-bond acceptors (Lipinski definition) is 3. The van der Waals surface area contributed by atoms with Gasteiger partial charge in [0.1, 0.15) is 11.6 Å².